The molecular formula is C19H16F2N2O3. The maximum absolute atomic E-state index is 13.3. The lowest BCUT2D eigenvalue weighted by molar-refractivity contribution is 0.0907. The van der Waals surface area contributed by atoms with Crippen LogP contribution in [-0.2, 0) is 6.42 Å². The summed E-state index contributed by atoms with van der Waals surface area (Å²) in [5, 5.41) is 15.8. The van der Waals surface area contributed by atoms with Crippen LogP contribution in [0.2, 0.25) is 0 Å². The third-order valence-corrected chi connectivity index (χ3v) is 3.83. The van der Waals surface area contributed by atoms with Gasteiger partial charge in [0.1, 0.15) is 0 Å². The minimum absolute atomic E-state index is 0.0174. The summed E-state index contributed by atoms with van der Waals surface area (Å²) in [5.74, 6) is -2.39. The Labute approximate surface area is 148 Å². The average molecular weight is 358 g/mol. The van der Waals surface area contributed by atoms with Gasteiger partial charge in [-0.15, -0.1) is 0 Å². The highest BCUT2D eigenvalue weighted by atomic mass is 19.2. The molecule has 1 unspecified atom stereocenters. The van der Waals surface area contributed by atoms with Crippen LogP contribution in [0, 0.1) is 11.6 Å². The number of carbonyl (C=O) groups is 1. The Morgan fingerprint density at radius 1 is 1.12 bits per heavy atom. The molecule has 1 amide bonds. The Morgan fingerprint density at radius 3 is 2.58 bits per heavy atom. The van der Waals surface area contributed by atoms with Crippen molar-refractivity contribution in [3.8, 4) is 11.3 Å². The van der Waals surface area contributed by atoms with E-state index in [-0.39, 0.29) is 23.6 Å². The first-order valence-corrected chi connectivity index (χ1v) is 7.94. The molecule has 3 aromatic rings. The van der Waals surface area contributed by atoms with Gasteiger partial charge in [0.15, 0.2) is 23.1 Å². The number of nitrogens with zero attached hydrogens (tertiary/aromatic N) is 1. The first-order valence-electron chi connectivity index (χ1n) is 7.94. The number of rotatable bonds is 6. The van der Waals surface area contributed by atoms with Gasteiger partial charge in [-0.25, -0.2) is 8.78 Å². The van der Waals surface area contributed by atoms with Gasteiger partial charge in [0, 0.05) is 11.6 Å². The largest absolute Gasteiger partial charge is 0.394 e. The highest BCUT2D eigenvalue weighted by molar-refractivity contribution is 5.93. The number of amides is 1. The topological polar surface area (TPSA) is 75.4 Å². The number of nitrogens with one attached hydrogen (secondary N) is 1. The van der Waals surface area contributed by atoms with Crippen LogP contribution < -0.4 is 5.32 Å². The molecule has 134 valence electrons. The van der Waals surface area contributed by atoms with Crippen LogP contribution in [0.15, 0.2) is 59.1 Å². The molecule has 26 heavy (non-hydrogen) atoms. The number of aromatic nitrogens is 1. The van der Waals surface area contributed by atoms with Gasteiger partial charge in [-0.2, -0.15) is 0 Å². The quantitative estimate of drug-likeness (QED) is 0.710. The Morgan fingerprint density at radius 2 is 1.88 bits per heavy atom. The van der Waals surface area contributed by atoms with E-state index in [0.29, 0.717) is 6.42 Å². The number of aliphatic hydroxyl groups is 1. The second-order valence-electron chi connectivity index (χ2n) is 5.75. The molecule has 7 heteroatoms. The Bertz CT molecular complexity index is 897. The summed E-state index contributed by atoms with van der Waals surface area (Å²) in [4.78, 5) is 12.3. The van der Waals surface area contributed by atoms with E-state index in [1.165, 1.54) is 12.1 Å². The van der Waals surface area contributed by atoms with Gasteiger partial charge in [0.05, 0.1) is 12.6 Å². The summed E-state index contributed by atoms with van der Waals surface area (Å²) < 4.78 is 31.3. The number of aliphatic hydroxyl groups excluding tert-OH is 1. The molecule has 3 rings (SSSR count). The lowest BCUT2D eigenvalue weighted by Crippen LogP contribution is -2.39. The third kappa shape index (κ3) is 4.12. The van der Waals surface area contributed by atoms with E-state index >= 15 is 0 Å². The van der Waals surface area contributed by atoms with Gasteiger partial charge >= 0.3 is 0 Å². The van der Waals surface area contributed by atoms with E-state index in [4.69, 9.17) is 4.52 Å². The molecule has 5 nitrogen and oxygen atoms in total. The fraction of sp³-hybridized carbons (Fsp3) is 0.158. The molecule has 0 fully saturated rings. The van der Waals surface area contributed by atoms with Crippen LogP contribution >= 0.6 is 0 Å². The van der Waals surface area contributed by atoms with Crippen LogP contribution in [-0.4, -0.2) is 28.8 Å². The number of hydrogen-bond donors (Lipinski definition) is 2. The van der Waals surface area contributed by atoms with Crippen molar-refractivity contribution in [3.05, 3.63) is 77.5 Å². The summed E-state index contributed by atoms with van der Waals surface area (Å²) in [6.07, 6.45) is 0.455. The van der Waals surface area contributed by atoms with Crippen molar-refractivity contribution in [2.24, 2.45) is 0 Å². The Kier molecular flexibility index (Phi) is 5.38. The van der Waals surface area contributed by atoms with Gasteiger partial charge in [0.25, 0.3) is 5.91 Å². The maximum Gasteiger partial charge on any atom is 0.273 e. The standard InChI is InChI=1S/C19H16F2N2O3/c20-15-7-6-13(9-16(15)21)18-10-17(23-26-18)19(25)22-14(11-24)8-12-4-2-1-3-5-12/h1-7,9-10,14,24H,8,11H2,(H,22,25). The molecule has 0 radical (unpaired) electrons. The molecule has 0 aliphatic carbocycles. The van der Waals surface area contributed by atoms with Crippen molar-refractivity contribution in [3.63, 3.8) is 0 Å². The van der Waals surface area contributed by atoms with Crippen LogP contribution in [0.5, 0.6) is 0 Å². The fourth-order valence-electron chi connectivity index (χ4n) is 2.49. The van der Waals surface area contributed by atoms with Crippen LogP contribution in [0.4, 0.5) is 8.78 Å². The van der Waals surface area contributed by atoms with Gasteiger partial charge in [-0.3, -0.25) is 4.79 Å². The van der Waals surface area contributed by atoms with Crippen molar-refractivity contribution >= 4 is 5.91 Å². The number of carbonyl (C=O) groups excluding carboxylic acids is 1. The van der Waals surface area contributed by atoms with E-state index in [2.05, 4.69) is 10.5 Å². The summed E-state index contributed by atoms with van der Waals surface area (Å²) >= 11 is 0. The van der Waals surface area contributed by atoms with Crippen molar-refractivity contribution in [2.45, 2.75) is 12.5 Å². The molecule has 2 aromatic carbocycles. The van der Waals surface area contributed by atoms with E-state index in [1.54, 1.807) is 0 Å². The molecule has 0 bridgehead atoms. The monoisotopic (exact) mass is 358 g/mol. The van der Waals surface area contributed by atoms with Gasteiger partial charge in [0.2, 0.25) is 0 Å². The summed E-state index contributed by atoms with van der Waals surface area (Å²) in [7, 11) is 0. The second-order valence-corrected chi connectivity index (χ2v) is 5.75. The first-order chi connectivity index (χ1) is 12.6. The molecule has 0 saturated heterocycles. The minimum atomic E-state index is -1.02. The molecule has 0 saturated carbocycles. The lowest BCUT2D eigenvalue weighted by atomic mass is 10.1. The predicted octanol–water partition coefficient (Wildman–Crippen LogP) is 2.95. The third-order valence-electron chi connectivity index (χ3n) is 3.83. The van der Waals surface area contributed by atoms with Gasteiger partial charge < -0.3 is 14.9 Å². The van der Waals surface area contributed by atoms with Crippen molar-refractivity contribution < 1.29 is 23.2 Å². The van der Waals surface area contributed by atoms with E-state index < -0.39 is 23.6 Å². The zero-order valence-corrected chi connectivity index (χ0v) is 13.7. The van der Waals surface area contributed by atoms with Crippen LogP contribution in [0.25, 0.3) is 11.3 Å². The van der Waals surface area contributed by atoms with E-state index in [1.807, 2.05) is 30.3 Å². The molecule has 0 aliphatic heterocycles. The molecule has 2 N–H and O–H groups in total. The van der Waals surface area contributed by atoms with Crippen LogP contribution in [0.1, 0.15) is 16.1 Å². The van der Waals surface area contributed by atoms with Gasteiger partial charge in [-0.05, 0) is 30.2 Å². The number of hydrogen-bond acceptors (Lipinski definition) is 4. The highest BCUT2D eigenvalue weighted by Crippen LogP contribution is 2.22. The molecular weight excluding hydrogens is 342 g/mol. The lowest BCUT2D eigenvalue weighted by Gasteiger charge is -2.15. The second kappa shape index (κ2) is 7.88. The number of halogens is 2. The molecule has 1 heterocycles. The van der Waals surface area contributed by atoms with E-state index in [9.17, 15) is 18.7 Å². The SMILES string of the molecule is O=C(NC(CO)Cc1ccccc1)c1cc(-c2ccc(F)c(F)c2)on1. The summed E-state index contributed by atoms with van der Waals surface area (Å²) in [6.45, 7) is -0.242. The fourth-order valence-corrected chi connectivity index (χ4v) is 2.49. The Balaban J connectivity index is 1.69. The number of benzene rings is 2. The summed E-state index contributed by atoms with van der Waals surface area (Å²) in [5.41, 5.74) is 1.21. The first kappa shape index (κ1) is 17.8. The zero-order chi connectivity index (χ0) is 18.5. The normalized spacial score (nSPS) is 12.0. The van der Waals surface area contributed by atoms with Crippen molar-refractivity contribution in [1.82, 2.24) is 10.5 Å². The molecule has 0 spiro atoms. The molecule has 1 atom stereocenters. The smallest absolute Gasteiger partial charge is 0.273 e. The average Bonchev–Trinajstić information content (AvgIpc) is 3.14. The minimum Gasteiger partial charge on any atom is -0.394 e. The molecule has 1 aromatic heterocycles. The van der Waals surface area contributed by atoms with Gasteiger partial charge in [-0.1, -0.05) is 35.5 Å². The predicted molar refractivity (Wildman–Crippen MR) is 90.3 cm³/mol. The summed E-state index contributed by atoms with van der Waals surface area (Å²) in [6, 6.07) is 13.5. The maximum atomic E-state index is 13.3. The Hall–Kier alpha value is -3.06. The van der Waals surface area contributed by atoms with Crippen molar-refractivity contribution in [1.29, 1.82) is 0 Å². The molecule has 0 aliphatic rings. The van der Waals surface area contributed by atoms with Crippen molar-refractivity contribution in [2.75, 3.05) is 6.61 Å². The van der Waals surface area contributed by atoms with Crippen LogP contribution in [0.3, 0.4) is 0 Å². The zero-order valence-electron chi connectivity index (χ0n) is 13.7. The van der Waals surface area contributed by atoms with E-state index in [0.717, 1.165) is 17.7 Å². The highest BCUT2D eigenvalue weighted by Gasteiger charge is 2.18.